The first-order chi connectivity index (χ1) is 28.5. The van der Waals surface area contributed by atoms with E-state index in [0.29, 0.717) is 5.31 Å². The minimum absolute atomic E-state index is 0.665. The lowest BCUT2D eigenvalue weighted by Gasteiger charge is -2.21. The number of hydrogen-bond acceptors (Lipinski definition) is 1. The minimum atomic E-state index is -3.20. The molecule has 0 radical (unpaired) electrons. The second-order valence-corrected chi connectivity index (χ2v) is 17.7. The van der Waals surface area contributed by atoms with Crippen LogP contribution in [0.2, 0.25) is 0 Å². The van der Waals surface area contributed by atoms with Crippen LogP contribution in [0.3, 0.4) is 0 Å². The van der Waals surface area contributed by atoms with Crippen LogP contribution in [0.25, 0.3) is 87.2 Å². The molecule has 1 nitrogen and oxygen atoms in total. The molecule has 0 aliphatic carbocycles. The molecule has 0 N–H and O–H groups in total. The zero-order valence-corrected chi connectivity index (χ0v) is 32.9. The van der Waals surface area contributed by atoms with Gasteiger partial charge in [0.2, 0.25) is 0 Å². The summed E-state index contributed by atoms with van der Waals surface area (Å²) in [7, 11) is -3.20. The summed E-state index contributed by atoms with van der Waals surface area (Å²) < 4.78 is 15.1. The molecule has 0 aliphatic rings. The van der Waals surface area contributed by atoms with Crippen molar-refractivity contribution in [3.63, 3.8) is 0 Å². The fraction of sp³-hybridized carbons (Fsp3) is 0. The van der Waals surface area contributed by atoms with E-state index in [1.807, 2.05) is 42.5 Å². The molecule has 1 unspecified atom stereocenters. The van der Waals surface area contributed by atoms with Crippen LogP contribution in [0, 0.1) is 0 Å². The molecule has 0 aliphatic heterocycles. The van der Waals surface area contributed by atoms with Crippen LogP contribution < -0.4 is 10.6 Å². The standard InChI is InChI=1S/C56H39OP/c1-3-14-48(4-2)58(57,49-19-6-5-7-20-49)50-31-29-43-33-42(25-26-44(43)36-50)45-30-32-53-54(37-45)56(47-28-24-39-16-9-11-18-41(39)35-47)52-22-13-12-21-51(52)55(53)46-27-23-38-15-8-10-17-40(38)34-46/h3-37H,1-2H2/b48-14+. The summed E-state index contributed by atoms with van der Waals surface area (Å²) in [6.07, 6.45) is 5.19. The van der Waals surface area contributed by atoms with E-state index in [-0.39, 0.29) is 0 Å². The molecule has 0 amide bonds. The van der Waals surface area contributed by atoms with Gasteiger partial charge < -0.3 is 4.57 Å². The first-order valence-corrected chi connectivity index (χ1v) is 21.4. The van der Waals surface area contributed by atoms with Gasteiger partial charge in [0.25, 0.3) is 0 Å². The maximum atomic E-state index is 15.1. The van der Waals surface area contributed by atoms with Gasteiger partial charge in [0.05, 0.1) is 0 Å². The largest absolute Gasteiger partial charge is 0.309 e. The molecule has 0 aromatic heterocycles. The number of rotatable bonds is 8. The zero-order valence-electron chi connectivity index (χ0n) is 32.0. The van der Waals surface area contributed by atoms with Crippen LogP contribution in [0.5, 0.6) is 0 Å². The Hall–Kier alpha value is -7.05. The molecule has 274 valence electrons. The maximum absolute atomic E-state index is 15.1. The molecule has 0 heterocycles. The van der Waals surface area contributed by atoms with Crippen molar-refractivity contribution in [1.29, 1.82) is 0 Å². The Morgan fingerprint density at radius 2 is 0.828 bits per heavy atom. The van der Waals surface area contributed by atoms with Crippen LogP contribution in [-0.2, 0) is 4.57 Å². The van der Waals surface area contributed by atoms with Crippen LogP contribution in [0.4, 0.5) is 0 Å². The normalized spacial score (nSPS) is 12.9. The monoisotopic (exact) mass is 758 g/mol. The highest BCUT2D eigenvalue weighted by Gasteiger charge is 2.30. The van der Waals surface area contributed by atoms with Crippen LogP contribution in [0.15, 0.2) is 231 Å². The first kappa shape index (κ1) is 35.4. The Bertz CT molecular complexity index is 3350. The van der Waals surface area contributed by atoms with E-state index in [0.717, 1.165) is 32.5 Å². The summed E-state index contributed by atoms with van der Waals surface area (Å²) in [5.74, 6) is 0. The Morgan fingerprint density at radius 3 is 1.47 bits per heavy atom. The lowest BCUT2D eigenvalue weighted by Crippen LogP contribution is -2.17. The topological polar surface area (TPSA) is 17.1 Å². The van der Waals surface area contributed by atoms with Gasteiger partial charge in [-0.3, -0.25) is 0 Å². The molecule has 0 spiro atoms. The van der Waals surface area contributed by atoms with Gasteiger partial charge in [-0.1, -0.05) is 195 Å². The van der Waals surface area contributed by atoms with E-state index >= 15 is 4.57 Å². The molecule has 0 saturated heterocycles. The predicted molar refractivity (Wildman–Crippen MR) is 252 cm³/mol. The number of fused-ring (bicyclic) bond motifs is 5. The molecule has 1 atom stereocenters. The summed E-state index contributed by atoms with van der Waals surface area (Å²) in [6, 6.07) is 69.2. The summed E-state index contributed by atoms with van der Waals surface area (Å²) in [5, 5.41) is 14.1. The van der Waals surface area contributed by atoms with Crippen molar-refractivity contribution >= 4 is 71.6 Å². The van der Waals surface area contributed by atoms with Crippen molar-refractivity contribution in [2.45, 2.75) is 0 Å². The van der Waals surface area contributed by atoms with Crippen molar-refractivity contribution in [2.24, 2.45) is 0 Å². The van der Waals surface area contributed by atoms with Crippen molar-refractivity contribution in [2.75, 3.05) is 0 Å². The van der Waals surface area contributed by atoms with E-state index in [4.69, 9.17) is 0 Å². The molecule has 0 fully saturated rings. The quantitative estimate of drug-likeness (QED) is 0.0857. The number of benzene rings is 10. The minimum Gasteiger partial charge on any atom is -0.309 e. The molecule has 10 aromatic rings. The van der Waals surface area contributed by atoms with Crippen molar-refractivity contribution in [3.8, 4) is 33.4 Å². The van der Waals surface area contributed by atoms with Crippen LogP contribution in [0.1, 0.15) is 0 Å². The van der Waals surface area contributed by atoms with Gasteiger partial charge in [0.1, 0.15) is 0 Å². The third kappa shape index (κ3) is 5.91. The fourth-order valence-corrected chi connectivity index (χ4v) is 11.4. The van der Waals surface area contributed by atoms with E-state index < -0.39 is 7.14 Å². The molecular weight excluding hydrogens is 720 g/mol. The average molecular weight is 759 g/mol. The van der Waals surface area contributed by atoms with Gasteiger partial charge in [0.15, 0.2) is 7.14 Å². The van der Waals surface area contributed by atoms with Gasteiger partial charge in [-0.15, -0.1) is 0 Å². The van der Waals surface area contributed by atoms with Gasteiger partial charge in [0, 0.05) is 15.9 Å². The summed E-state index contributed by atoms with van der Waals surface area (Å²) in [5.41, 5.74) is 7.13. The fourth-order valence-electron chi connectivity index (χ4n) is 8.79. The van der Waals surface area contributed by atoms with E-state index in [1.165, 1.54) is 65.3 Å². The highest BCUT2D eigenvalue weighted by atomic mass is 31.2. The van der Waals surface area contributed by atoms with Gasteiger partial charge in [-0.2, -0.15) is 0 Å². The number of hydrogen-bond donors (Lipinski definition) is 0. The SMILES string of the molecule is C=C/C=C(\C=C)P(=O)(c1ccccc1)c1ccc2cc(-c3ccc4c(-c5ccc6ccccc6c5)c5ccccc5c(-c5ccc6ccccc6c5)c4c3)ccc2c1. The summed E-state index contributed by atoms with van der Waals surface area (Å²) in [6.45, 7) is 7.92. The van der Waals surface area contributed by atoms with E-state index in [2.05, 4.69) is 171 Å². The molecular formula is C56H39OP. The highest BCUT2D eigenvalue weighted by Crippen LogP contribution is 2.53. The second-order valence-electron chi connectivity index (χ2n) is 14.9. The predicted octanol–water partition coefficient (Wildman–Crippen LogP) is 15.0. The molecule has 10 aromatic carbocycles. The number of allylic oxidation sites excluding steroid dienone is 4. The third-order valence-corrected chi connectivity index (χ3v) is 14.7. The van der Waals surface area contributed by atoms with Crippen molar-refractivity contribution < 1.29 is 4.57 Å². The molecule has 2 heteroatoms. The Balaban J connectivity index is 1.18. The molecule has 0 saturated carbocycles. The highest BCUT2D eigenvalue weighted by molar-refractivity contribution is 7.82. The van der Waals surface area contributed by atoms with E-state index in [1.54, 1.807) is 12.2 Å². The van der Waals surface area contributed by atoms with Crippen molar-refractivity contribution in [3.05, 3.63) is 231 Å². The Morgan fingerprint density at radius 1 is 0.379 bits per heavy atom. The van der Waals surface area contributed by atoms with Crippen molar-refractivity contribution in [1.82, 2.24) is 0 Å². The lowest BCUT2D eigenvalue weighted by molar-refractivity contribution is 0.591. The molecule has 10 rings (SSSR count). The van der Waals surface area contributed by atoms with E-state index in [9.17, 15) is 0 Å². The van der Waals surface area contributed by atoms with Crippen LogP contribution in [-0.4, -0.2) is 0 Å². The lowest BCUT2D eigenvalue weighted by atomic mass is 9.84. The summed E-state index contributed by atoms with van der Waals surface area (Å²) >= 11 is 0. The Labute approximate surface area is 338 Å². The molecule has 0 bridgehead atoms. The first-order valence-electron chi connectivity index (χ1n) is 19.7. The van der Waals surface area contributed by atoms with Gasteiger partial charge in [-0.25, -0.2) is 0 Å². The Kier molecular flexibility index (Phi) is 8.82. The van der Waals surface area contributed by atoms with Gasteiger partial charge in [-0.05, 0) is 118 Å². The smallest absolute Gasteiger partial charge is 0.171 e. The summed E-state index contributed by atoms with van der Waals surface area (Å²) in [4.78, 5) is 0. The average Bonchev–Trinajstić information content (AvgIpc) is 3.29. The zero-order chi connectivity index (χ0) is 39.2. The van der Waals surface area contributed by atoms with Gasteiger partial charge >= 0.3 is 0 Å². The molecule has 58 heavy (non-hydrogen) atoms. The maximum Gasteiger partial charge on any atom is 0.171 e. The third-order valence-electron chi connectivity index (χ3n) is 11.6. The second kappa shape index (κ2) is 14.5. The van der Waals surface area contributed by atoms with Crippen LogP contribution >= 0.6 is 7.14 Å².